The van der Waals surface area contributed by atoms with Gasteiger partial charge in [0, 0.05) is 23.3 Å². The summed E-state index contributed by atoms with van der Waals surface area (Å²) >= 11 is 0. The van der Waals surface area contributed by atoms with Gasteiger partial charge in [-0.05, 0) is 38.0 Å². The lowest BCUT2D eigenvalue weighted by Gasteiger charge is -2.35. The summed E-state index contributed by atoms with van der Waals surface area (Å²) in [5.74, 6) is 0.694. The van der Waals surface area contributed by atoms with E-state index in [9.17, 15) is 20.1 Å². The van der Waals surface area contributed by atoms with E-state index in [-0.39, 0.29) is 34.8 Å². The van der Waals surface area contributed by atoms with Gasteiger partial charge in [0.15, 0.2) is 0 Å². The summed E-state index contributed by atoms with van der Waals surface area (Å²) in [6, 6.07) is 7.22. The number of hydrogen-bond acceptors (Lipinski definition) is 7. The van der Waals surface area contributed by atoms with Crippen molar-refractivity contribution in [2.45, 2.75) is 25.4 Å². The van der Waals surface area contributed by atoms with Gasteiger partial charge in [-0.2, -0.15) is 0 Å². The number of methoxy groups -OCH3 is 1. The zero-order valence-corrected chi connectivity index (χ0v) is 15.5. The Bertz CT molecular complexity index is 1130. The summed E-state index contributed by atoms with van der Waals surface area (Å²) in [4.78, 5) is 12.6. The molecule has 28 heavy (non-hydrogen) atoms. The minimum Gasteiger partial charge on any atom is -0.508 e. The third-order valence-electron chi connectivity index (χ3n) is 5.13. The van der Waals surface area contributed by atoms with E-state index in [1.54, 1.807) is 12.1 Å². The van der Waals surface area contributed by atoms with E-state index < -0.39 is 11.2 Å². The molecule has 1 atom stereocenters. The van der Waals surface area contributed by atoms with Crippen LogP contribution < -0.4 is 15.1 Å². The molecule has 146 valence electrons. The molecule has 0 radical (unpaired) electrons. The lowest BCUT2D eigenvalue weighted by Crippen LogP contribution is -2.40. The minimum atomic E-state index is -0.705. The predicted molar refractivity (Wildman–Crippen MR) is 102 cm³/mol. The number of hydrogen-bond donors (Lipinski definition) is 3. The number of phenols is 2. The second kappa shape index (κ2) is 6.45. The topological polar surface area (TPSA) is 109 Å². The molecule has 7 heteroatoms. The normalized spacial score (nSPS) is 18.5. The Morgan fingerprint density at radius 3 is 2.64 bits per heavy atom. The van der Waals surface area contributed by atoms with Crippen LogP contribution in [0.4, 0.5) is 0 Å². The van der Waals surface area contributed by atoms with Crippen LogP contribution in [0.3, 0.4) is 0 Å². The molecule has 3 aromatic rings. The van der Waals surface area contributed by atoms with Gasteiger partial charge >= 0.3 is 5.63 Å². The Kier molecular flexibility index (Phi) is 4.19. The van der Waals surface area contributed by atoms with Crippen molar-refractivity contribution in [2.75, 3.05) is 13.7 Å². The molecular formula is C21H20O7. The highest BCUT2D eigenvalue weighted by molar-refractivity contribution is 5.91. The van der Waals surface area contributed by atoms with Crippen molar-refractivity contribution in [3.05, 3.63) is 46.3 Å². The molecule has 0 amide bonds. The number of rotatable bonds is 3. The van der Waals surface area contributed by atoms with E-state index in [2.05, 4.69) is 0 Å². The molecule has 2 aromatic carbocycles. The second-order valence-corrected chi connectivity index (χ2v) is 7.16. The average molecular weight is 384 g/mol. The smallest absolute Gasteiger partial charge is 0.344 e. The number of aliphatic hydroxyl groups excluding tert-OH is 1. The van der Waals surface area contributed by atoms with E-state index in [1.165, 1.54) is 19.2 Å². The molecule has 3 N–H and O–H groups in total. The first-order valence-corrected chi connectivity index (χ1v) is 8.85. The van der Waals surface area contributed by atoms with Gasteiger partial charge in [0.2, 0.25) is 0 Å². The van der Waals surface area contributed by atoms with E-state index in [1.807, 2.05) is 6.92 Å². The molecule has 1 aliphatic rings. The summed E-state index contributed by atoms with van der Waals surface area (Å²) < 4.78 is 17.0. The number of benzene rings is 2. The zero-order chi connectivity index (χ0) is 20.1. The highest BCUT2D eigenvalue weighted by Crippen LogP contribution is 2.44. The van der Waals surface area contributed by atoms with E-state index in [4.69, 9.17) is 13.9 Å². The van der Waals surface area contributed by atoms with Crippen LogP contribution in [0.25, 0.3) is 22.1 Å². The van der Waals surface area contributed by atoms with Gasteiger partial charge < -0.3 is 29.2 Å². The van der Waals surface area contributed by atoms with Crippen molar-refractivity contribution in [1.82, 2.24) is 0 Å². The van der Waals surface area contributed by atoms with Crippen molar-refractivity contribution in [3.8, 4) is 34.1 Å². The molecule has 1 aromatic heterocycles. The standard InChI is InChI=1S/C21H20O7/c1-21(10-22)6-5-13-18(28-21)9-17-15(19(13)26-2)8-14(20(25)27-17)12-4-3-11(23)7-16(12)24/h3-4,7-9,22-24H,5-6,10H2,1-2H3. The summed E-state index contributed by atoms with van der Waals surface area (Å²) in [7, 11) is 1.53. The van der Waals surface area contributed by atoms with Crippen LogP contribution in [-0.2, 0) is 6.42 Å². The Hall–Kier alpha value is -3.19. The van der Waals surface area contributed by atoms with E-state index in [0.29, 0.717) is 29.7 Å². The van der Waals surface area contributed by atoms with Crippen molar-refractivity contribution >= 4 is 11.0 Å². The molecule has 1 unspecified atom stereocenters. The summed E-state index contributed by atoms with van der Waals surface area (Å²) in [6.07, 6.45) is 1.24. The number of phenolic OH excluding ortho intramolecular Hbond substituents is 2. The monoisotopic (exact) mass is 384 g/mol. The molecule has 0 bridgehead atoms. The fourth-order valence-electron chi connectivity index (χ4n) is 3.56. The number of fused-ring (bicyclic) bond motifs is 2. The van der Waals surface area contributed by atoms with Crippen LogP contribution in [0.15, 0.2) is 39.5 Å². The zero-order valence-electron chi connectivity index (χ0n) is 15.5. The first kappa shape index (κ1) is 18.2. The molecule has 0 spiro atoms. The number of aromatic hydroxyl groups is 2. The molecule has 7 nitrogen and oxygen atoms in total. The molecule has 0 aliphatic carbocycles. The lowest BCUT2D eigenvalue weighted by atomic mass is 9.91. The van der Waals surface area contributed by atoms with Crippen molar-refractivity contribution in [1.29, 1.82) is 0 Å². The van der Waals surface area contributed by atoms with Crippen molar-refractivity contribution in [3.63, 3.8) is 0 Å². The Labute approximate surface area is 160 Å². The highest BCUT2D eigenvalue weighted by Gasteiger charge is 2.33. The quantitative estimate of drug-likeness (QED) is 0.596. The van der Waals surface area contributed by atoms with Crippen LogP contribution in [0, 0.1) is 0 Å². The molecule has 2 heterocycles. The third-order valence-corrected chi connectivity index (χ3v) is 5.13. The first-order valence-electron chi connectivity index (χ1n) is 8.85. The van der Waals surface area contributed by atoms with Gasteiger partial charge in [0.1, 0.15) is 34.2 Å². The molecule has 4 rings (SSSR count). The fraction of sp³-hybridized carbons (Fsp3) is 0.286. The number of aliphatic hydroxyl groups is 1. The second-order valence-electron chi connectivity index (χ2n) is 7.16. The van der Waals surface area contributed by atoms with E-state index in [0.717, 1.165) is 11.6 Å². The maximum atomic E-state index is 12.6. The van der Waals surface area contributed by atoms with Gasteiger partial charge in [-0.3, -0.25) is 0 Å². The summed E-state index contributed by atoms with van der Waals surface area (Å²) in [5.41, 5.74) is 0.165. The maximum absolute atomic E-state index is 12.6. The van der Waals surface area contributed by atoms with Gasteiger partial charge in [0.05, 0.1) is 24.7 Å². The molecule has 0 saturated heterocycles. The summed E-state index contributed by atoms with van der Waals surface area (Å²) in [6.45, 7) is 1.69. The lowest BCUT2D eigenvalue weighted by molar-refractivity contribution is 0.00769. The summed E-state index contributed by atoms with van der Waals surface area (Å²) in [5, 5.41) is 29.8. The van der Waals surface area contributed by atoms with Crippen molar-refractivity contribution in [2.24, 2.45) is 0 Å². The third kappa shape index (κ3) is 2.84. The van der Waals surface area contributed by atoms with Crippen LogP contribution in [-0.4, -0.2) is 34.6 Å². The van der Waals surface area contributed by atoms with Gasteiger partial charge in [-0.1, -0.05) is 0 Å². The average Bonchev–Trinajstić information content (AvgIpc) is 2.66. The fourth-order valence-corrected chi connectivity index (χ4v) is 3.56. The largest absolute Gasteiger partial charge is 0.508 e. The Morgan fingerprint density at radius 2 is 1.96 bits per heavy atom. The van der Waals surface area contributed by atoms with Crippen LogP contribution in [0.1, 0.15) is 18.9 Å². The molecule has 0 fully saturated rings. The van der Waals surface area contributed by atoms with Crippen LogP contribution in [0.2, 0.25) is 0 Å². The van der Waals surface area contributed by atoms with Gasteiger partial charge in [-0.15, -0.1) is 0 Å². The minimum absolute atomic E-state index is 0.109. The molecule has 1 aliphatic heterocycles. The van der Waals surface area contributed by atoms with Gasteiger partial charge in [-0.25, -0.2) is 4.79 Å². The first-order chi connectivity index (χ1) is 13.3. The Balaban J connectivity index is 1.95. The number of ether oxygens (including phenoxy) is 2. The van der Waals surface area contributed by atoms with Crippen LogP contribution in [0.5, 0.6) is 23.0 Å². The predicted octanol–water partition coefficient (Wildman–Crippen LogP) is 2.96. The van der Waals surface area contributed by atoms with Gasteiger partial charge in [0.25, 0.3) is 0 Å². The molecular weight excluding hydrogens is 364 g/mol. The Morgan fingerprint density at radius 1 is 1.18 bits per heavy atom. The van der Waals surface area contributed by atoms with Crippen LogP contribution >= 0.6 is 0 Å². The molecule has 0 saturated carbocycles. The SMILES string of the molecule is COc1c2c(cc3oc(=O)c(-c4ccc(O)cc4O)cc13)OC(C)(CO)CC2. The van der Waals surface area contributed by atoms with E-state index >= 15 is 0 Å². The maximum Gasteiger partial charge on any atom is 0.344 e. The van der Waals surface area contributed by atoms with Crippen molar-refractivity contribution < 1.29 is 29.2 Å². The highest BCUT2D eigenvalue weighted by atomic mass is 16.5.